The van der Waals surface area contributed by atoms with Gasteiger partial charge in [0.25, 0.3) is 8.53 Å². The Morgan fingerprint density at radius 2 is 2.02 bits per heavy atom. The fourth-order valence-corrected chi connectivity index (χ4v) is 8.65. The number of hydrogen-bond acceptors (Lipinski definition) is 12. The Bertz CT molecular complexity index is 1600. The van der Waals surface area contributed by atoms with Gasteiger partial charge in [-0.15, -0.1) is 0 Å². The molecular weight excluding hydrogens is 637 g/mol. The van der Waals surface area contributed by atoms with Crippen molar-refractivity contribution in [3.63, 3.8) is 0 Å². The van der Waals surface area contributed by atoms with Gasteiger partial charge in [-0.2, -0.15) is 15.2 Å². The van der Waals surface area contributed by atoms with Gasteiger partial charge in [0.15, 0.2) is 17.4 Å². The number of methoxy groups -OCH3 is 1. The van der Waals surface area contributed by atoms with Crippen LogP contribution in [0.15, 0.2) is 36.7 Å². The Kier molecular flexibility index (Phi) is 10.9. The minimum absolute atomic E-state index is 0.0627. The topological polar surface area (TPSA) is 155 Å². The van der Waals surface area contributed by atoms with Crippen LogP contribution >= 0.6 is 8.53 Å². The van der Waals surface area contributed by atoms with Gasteiger partial charge in [0.1, 0.15) is 24.4 Å². The molecule has 3 aliphatic rings. The van der Waals surface area contributed by atoms with Gasteiger partial charge in [-0.1, -0.05) is 51.1 Å². The third-order valence-corrected chi connectivity index (χ3v) is 10.9. The third kappa shape index (κ3) is 6.78. The summed E-state index contributed by atoms with van der Waals surface area (Å²) in [5.41, 5.74) is 1.38. The first-order valence-electron chi connectivity index (χ1n) is 16.6. The summed E-state index contributed by atoms with van der Waals surface area (Å²) >= 11 is 0. The van der Waals surface area contributed by atoms with Crippen molar-refractivity contribution < 1.29 is 32.8 Å². The van der Waals surface area contributed by atoms with Crippen molar-refractivity contribution in [2.24, 2.45) is 5.92 Å². The van der Waals surface area contributed by atoms with E-state index in [-0.39, 0.29) is 48.8 Å². The first-order valence-corrected chi connectivity index (χ1v) is 17.7. The SMILES string of the molecule is CC[C@H]1O[C@@H](n2cnc3c(OCCC#N)nc(NC(=O)C(C)C)nc32)C(OCCOC)[C@H]1O[P@]1O[C@@](C)(c2ccccc2)[C@H]2CCCN21. The standard InChI is InChI=1S/C33H44N7O7P/c1-6-23-26(46-48-40-16-10-14-24(40)33(4,47-48)22-12-8-7-9-13-22)27(43-19-18-42-5)31(45-23)39-20-35-25-28(39)36-32(37-29(41)21(2)3)38-30(25)44-17-11-15-34/h7-9,12-13,20-21,23-24,26-27,31H,6,10-11,14,16-19H2,1-5H3,(H,36,37,38,41)/t23-,24-,26+,27?,31-,33+,48-/m1/s1. The molecule has 3 fully saturated rings. The third-order valence-electron chi connectivity index (χ3n) is 9.06. The highest BCUT2D eigenvalue weighted by atomic mass is 31.2. The molecule has 0 radical (unpaired) electrons. The van der Waals surface area contributed by atoms with Crippen LogP contribution in [0.4, 0.5) is 5.95 Å². The molecule has 0 saturated carbocycles. The summed E-state index contributed by atoms with van der Waals surface area (Å²) < 4.78 is 42.4. The maximum absolute atomic E-state index is 12.6. The molecule has 0 spiro atoms. The molecule has 2 aromatic heterocycles. The number of amides is 1. The number of nitrogens with one attached hydrogen (secondary N) is 1. The summed E-state index contributed by atoms with van der Waals surface area (Å²) in [6, 6.07) is 12.6. The predicted octanol–water partition coefficient (Wildman–Crippen LogP) is 5.07. The second kappa shape index (κ2) is 15.1. The van der Waals surface area contributed by atoms with E-state index < -0.39 is 32.6 Å². The number of carbonyl (C=O) groups is 1. The maximum Gasteiger partial charge on any atom is 0.260 e. The van der Waals surface area contributed by atoms with E-state index in [0.717, 1.165) is 24.9 Å². The molecule has 3 aromatic rings. The zero-order valence-corrected chi connectivity index (χ0v) is 29.0. The number of ether oxygens (including phenoxy) is 4. The van der Waals surface area contributed by atoms with Gasteiger partial charge in [-0.25, -0.2) is 9.65 Å². The summed E-state index contributed by atoms with van der Waals surface area (Å²) in [4.78, 5) is 26.3. The monoisotopic (exact) mass is 681 g/mol. The predicted molar refractivity (Wildman–Crippen MR) is 177 cm³/mol. The summed E-state index contributed by atoms with van der Waals surface area (Å²) in [5, 5.41) is 11.8. The Morgan fingerprint density at radius 1 is 1.21 bits per heavy atom. The Hall–Kier alpha value is -3.28. The molecule has 1 aromatic carbocycles. The van der Waals surface area contributed by atoms with Gasteiger partial charge in [0, 0.05) is 19.6 Å². The number of carbonyl (C=O) groups excluding carboxylic acids is 1. The van der Waals surface area contributed by atoms with Crippen LogP contribution in [0.25, 0.3) is 11.2 Å². The first kappa shape index (κ1) is 34.6. The van der Waals surface area contributed by atoms with Crippen LogP contribution in [-0.2, 0) is 33.7 Å². The largest absolute Gasteiger partial charge is 0.475 e. The number of nitriles is 1. The molecule has 0 aliphatic carbocycles. The molecule has 5 heterocycles. The molecule has 3 aliphatic heterocycles. The lowest BCUT2D eigenvalue weighted by Crippen LogP contribution is -2.37. The molecule has 258 valence electrons. The van der Waals surface area contributed by atoms with Gasteiger partial charge < -0.3 is 28.0 Å². The van der Waals surface area contributed by atoms with Crippen LogP contribution in [-0.4, -0.2) is 87.9 Å². The normalized spacial score (nSPS) is 28.6. The van der Waals surface area contributed by atoms with Crippen LogP contribution in [0.5, 0.6) is 5.88 Å². The fraction of sp³-hybridized carbons (Fsp3) is 0.606. The summed E-state index contributed by atoms with van der Waals surface area (Å²) in [6.45, 7) is 9.47. The van der Waals surface area contributed by atoms with E-state index in [0.29, 0.717) is 30.8 Å². The van der Waals surface area contributed by atoms with E-state index in [2.05, 4.69) is 57.0 Å². The van der Waals surface area contributed by atoms with Crippen LogP contribution in [0.2, 0.25) is 0 Å². The fourth-order valence-electron chi connectivity index (χ4n) is 6.50. The van der Waals surface area contributed by atoms with E-state index >= 15 is 0 Å². The van der Waals surface area contributed by atoms with E-state index in [1.54, 1.807) is 31.9 Å². The van der Waals surface area contributed by atoms with Gasteiger partial charge in [0.05, 0.1) is 44.2 Å². The number of aromatic nitrogens is 4. The summed E-state index contributed by atoms with van der Waals surface area (Å²) in [6.07, 6.45) is 2.45. The van der Waals surface area contributed by atoms with E-state index in [9.17, 15) is 4.79 Å². The lowest BCUT2D eigenvalue weighted by atomic mass is 9.87. The highest BCUT2D eigenvalue weighted by molar-refractivity contribution is 7.45. The molecule has 7 atom stereocenters. The molecule has 0 bridgehead atoms. The van der Waals surface area contributed by atoms with Crippen LogP contribution in [0, 0.1) is 17.2 Å². The number of fused-ring (bicyclic) bond motifs is 2. The van der Waals surface area contributed by atoms with Crippen molar-refractivity contribution in [3.05, 3.63) is 42.2 Å². The van der Waals surface area contributed by atoms with Crippen molar-refractivity contribution in [1.29, 1.82) is 5.26 Å². The summed E-state index contributed by atoms with van der Waals surface area (Å²) in [7, 11) is 0.194. The molecule has 15 heteroatoms. The van der Waals surface area contributed by atoms with Crippen LogP contribution < -0.4 is 10.1 Å². The molecule has 6 rings (SSSR count). The van der Waals surface area contributed by atoms with Crippen LogP contribution in [0.3, 0.4) is 0 Å². The lowest BCUT2D eigenvalue weighted by Gasteiger charge is -2.29. The van der Waals surface area contributed by atoms with Gasteiger partial charge >= 0.3 is 0 Å². The second-order valence-electron chi connectivity index (χ2n) is 12.6. The number of rotatable bonds is 14. The van der Waals surface area contributed by atoms with Crippen molar-refractivity contribution in [2.45, 2.75) is 89.6 Å². The highest BCUT2D eigenvalue weighted by Crippen LogP contribution is 2.64. The Balaban J connectivity index is 1.34. The number of benzene rings is 1. The maximum atomic E-state index is 12.6. The van der Waals surface area contributed by atoms with Crippen molar-refractivity contribution >= 4 is 31.5 Å². The molecule has 1 amide bonds. The zero-order chi connectivity index (χ0) is 33.8. The van der Waals surface area contributed by atoms with Gasteiger partial charge in [-0.3, -0.25) is 14.7 Å². The van der Waals surface area contributed by atoms with Crippen molar-refractivity contribution in [2.75, 3.05) is 38.8 Å². The molecule has 1 N–H and O–H groups in total. The number of hydrogen-bond donors (Lipinski definition) is 1. The summed E-state index contributed by atoms with van der Waals surface area (Å²) in [5.74, 6) is -0.322. The van der Waals surface area contributed by atoms with E-state index in [4.69, 9.17) is 33.3 Å². The zero-order valence-electron chi connectivity index (χ0n) is 28.1. The number of anilines is 1. The van der Waals surface area contributed by atoms with E-state index in [1.807, 2.05) is 18.2 Å². The van der Waals surface area contributed by atoms with E-state index in [1.165, 1.54) is 0 Å². The van der Waals surface area contributed by atoms with Gasteiger partial charge in [0.2, 0.25) is 17.7 Å². The minimum atomic E-state index is -1.43. The molecule has 1 unspecified atom stereocenters. The molecule has 14 nitrogen and oxygen atoms in total. The molecule has 3 saturated heterocycles. The van der Waals surface area contributed by atoms with Gasteiger partial charge in [-0.05, 0) is 31.7 Å². The molecule has 48 heavy (non-hydrogen) atoms. The average Bonchev–Trinajstić information content (AvgIpc) is 3.87. The smallest absolute Gasteiger partial charge is 0.260 e. The highest BCUT2D eigenvalue weighted by Gasteiger charge is 2.57. The first-order chi connectivity index (χ1) is 23.3. The van der Waals surface area contributed by atoms with Crippen LogP contribution in [0.1, 0.15) is 65.2 Å². The minimum Gasteiger partial charge on any atom is -0.475 e. The Morgan fingerprint density at radius 3 is 2.75 bits per heavy atom. The lowest BCUT2D eigenvalue weighted by molar-refractivity contribution is -0.118. The van der Waals surface area contributed by atoms with Crippen molar-refractivity contribution in [1.82, 2.24) is 24.2 Å². The number of imidazole rings is 1. The quantitative estimate of drug-likeness (QED) is 0.178. The van der Waals surface area contributed by atoms with Crippen molar-refractivity contribution in [3.8, 4) is 11.9 Å². The number of nitrogens with zero attached hydrogens (tertiary/aromatic N) is 6. The molecular formula is C33H44N7O7P. The Labute approximate surface area is 282 Å². The average molecular weight is 682 g/mol. The second-order valence-corrected chi connectivity index (χ2v) is 14.0.